The molecule has 1 aliphatic rings. The van der Waals surface area contributed by atoms with Crippen LogP contribution in [0.15, 0.2) is 58.3 Å². The Morgan fingerprint density at radius 2 is 1.61 bits per heavy atom. The number of hydrogen-bond donors (Lipinski definition) is 1. The van der Waals surface area contributed by atoms with Gasteiger partial charge >= 0.3 is 5.97 Å². The summed E-state index contributed by atoms with van der Waals surface area (Å²) in [5, 5.41) is 5.03. The maximum atomic E-state index is 12.9. The van der Waals surface area contributed by atoms with Gasteiger partial charge in [-0.25, -0.2) is 22.0 Å². The van der Waals surface area contributed by atoms with Crippen molar-refractivity contribution in [1.82, 2.24) is 4.31 Å². The van der Waals surface area contributed by atoms with Gasteiger partial charge in [0.25, 0.3) is 0 Å². The van der Waals surface area contributed by atoms with Crippen LogP contribution in [0.5, 0.6) is 5.75 Å². The van der Waals surface area contributed by atoms with E-state index in [2.05, 4.69) is 0 Å². The van der Waals surface area contributed by atoms with Crippen LogP contribution < -0.4 is 9.88 Å². The van der Waals surface area contributed by atoms with E-state index < -0.39 is 32.1 Å². The molecule has 9 nitrogen and oxygen atoms in total. The Morgan fingerprint density at radius 1 is 1.00 bits per heavy atom. The lowest BCUT2D eigenvalue weighted by Gasteiger charge is -2.22. The Hall–Kier alpha value is -2.47. The van der Waals surface area contributed by atoms with E-state index in [9.17, 15) is 21.6 Å². The standard InChI is InChI=1S/C20H24N2O7S2/c1-15-4-8-18(9-5-15)31(26,27)22-12-2-3-19(22)20(23)29-14-13-28-16-6-10-17(11-7-16)30(21,24)25/h4-11,19H,2-3,12-14H2,1H3,(H2,21,24,25)/t19-/m0/s1. The first kappa shape index (κ1) is 23.2. The summed E-state index contributed by atoms with van der Waals surface area (Å²) in [5.41, 5.74) is 0.940. The molecule has 1 aliphatic heterocycles. The van der Waals surface area contributed by atoms with Crippen LogP contribution in [-0.4, -0.2) is 52.9 Å². The number of benzene rings is 2. The first-order chi connectivity index (χ1) is 14.6. The molecule has 2 N–H and O–H groups in total. The van der Waals surface area contributed by atoms with Crippen molar-refractivity contribution in [3.8, 4) is 5.75 Å². The van der Waals surface area contributed by atoms with Gasteiger partial charge in [0.1, 0.15) is 25.0 Å². The molecular weight excluding hydrogens is 444 g/mol. The minimum absolute atomic E-state index is 0.0257. The summed E-state index contributed by atoms with van der Waals surface area (Å²) in [7, 11) is -7.58. The van der Waals surface area contributed by atoms with Crippen LogP contribution in [0.1, 0.15) is 18.4 Å². The van der Waals surface area contributed by atoms with Crippen LogP contribution >= 0.6 is 0 Å². The molecular formula is C20H24N2O7S2. The molecule has 168 valence electrons. The van der Waals surface area contributed by atoms with Gasteiger partial charge in [0.05, 0.1) is 9.79 Å². The Kier molecular flexibility index (Phi) is 6.99. The topological polar surface area (TPSA) is 133 Å². The SMILES string of the molecule is Cc1ccc(S(=O)(=O)N2CCC[C@H]2C(=O)OCCOc2ccc(S(N)(=O)=O)cc2)cc1. The second-order valence-electron chi connectivity index (χ2n) is 7.12. The molecule has 0 aliphatic carbocycles. The molecule has 2 aromatic carbocycles. The number of nitrogens with two attached hydrogens (primary N) is 1. The van der Waals surface area contributed by atoms with Crippen molar-refractivity contribution in [2.75, 3.05) is 19.8 Å². The molecule has 2 aromatic rings. The monoisotopic (exact) mass is 468 g/mol. The molecule has 1 fully saturated rings. The molecule has 0 amide bonds. The number of ether oxygens (including phenoxy) is 2. The van der Waals surface area contributed by atoms with E-state index >= 15 is 0 Å². The number of carbonyl (C=O) groups excluding carboxylic acids is 1. The van der Waals surface area contributed by atoms with Gasteiger partial charge < -0.3 is 9.47 Å². The number of carbonyl (C=O) groups is 1. The molecule has 0 spiro atoms. The highest BCUT2D eigenvalue weighted by molar-refractivity contribution is 7.89. The molecule has 31 heavy (non-hydrogen) atoms. The van der Waals surface area contributed by atoms with E-state index in [1.807, 2.05) is 6.92 Å². The fourth-order valence-corrected chi connectivity index (χ4v) is 5.39. The fraction of sp³-hybridized carbons (Fsp3) is 0.350. The van der Waals surface area contributed by atoms with Gasteiger partial charge in [-0.05, 0) is 56.2 Å². The number of esters is 1. The van der Waals surface area contributed by atoms with Crippen LogP contribution in [0.2, 0.25) is 0 Å². The minimum atomic E-state index is -3.80. The van der Waals surface area contributed by atoms with E-state index in [1.54, 1.807) is 12.1 Å². The fourth-order valence-electron chi connectivity index (χ4n) is 3.23. The second-order valence-corrected chi connectivity index (χ2v) is 10.6. The summed E-state index contributed by atoms with van der Waals surface area (Å²) in [6.45, 7) is 2.06. The first-order valence-electron chi connectivity index (χ1n) is 9.60. The van der Waals surface area contributed by atoms with Gasteiger partial charge in [0.2, 0.25) is 20.0 Å². The van der Waals surface area contributed by atoms with Gasteiger partial charge in [-0.1, -0.05) is 17.7 Å². The van der Waals surface area contributed by atoms with Crippen molar-refractivity contribution in [3.05, 3.63) is 54.1 Å². The molecule has 0 bridgehead atoms. The van der Waals surface area contributed by atoms with Crippen LogP contribution in [0.4, 0.5) is 0 Å². The molecule has 1 atom stereocenters. The highest BCUT2D eigenvalue weighted by Gasteiger charge is 2.40. The lowest BCUT2D eigenvalue weighted by Crippen LogP contribution is -2.41. The number of primary sulfonamides is 1. The molecule has 0 aromatic heterocycles. The van der Waals surface area contributed by atoms with E-state index in [-0.39, 0.29) is 29.5 Å². The average molecular weight is 469 g/mol. The minimum Gasteiger partial charge on any atom is -0.490 e. The number of nitrogens with zero attached hydrogens (tertiary/aromatic N) is 1. The molecule has 0 saturated carbocycles. The number of aryl methyl sites for hydroxylation is 1. The Bertz CT molecular complexity index is 1130. The summed E-state index contributed by atoms with van der Waals surface area (Å²) in [6.07, 6.45) is 0.956. The van der Waals surface area contributed by atoms with Crippen molar-refractivity contribution >= 4 is 26.0 Å². The quantitative estimate of drug-likeness (QED) is 0.457. The molecule has 0 unspecified atom stereocenters. The summed E-state index contributed by atoms with van der Waals surface area (Å²) < 4.78 is 60.1. The third-order valence-corrected chi connectivity index (χ3v) is 7.70. The number of rotatable bonds is 8. The predicted molar refractivity (Wildman–Crippen MR) is 112 cm³/mol. The Morgan fingerprint density at radius 3 is 2.23 bits per heavy atom. The summed E-state index contributed by atoms with van der Waals surface area (Å²) in [4.78, 5) is 12.6. The average Bonchev–Trinajstić information content (AvgIpc) is 3.22. The van der Waals surface area contributed by atoms with Crippen LogP contribution in [0.25, 0.3) is 0 Å². The van der Waals surface area contributed by atoms with E-state index in [1.165, 1.54) is 40.7 Å². The molecule has 0 radical (unpaired) electrons. The third-order valence-electron chi connectivity index (χ3n) is 4.85. The Labute approximate surface area is 181 Å². The zero-order chi connectivity index (χ0) is 22.6. The van der Waals surface area contributed by atoms with Gasteiger partial charge in [-0.2, -0.15) is 4.31 Å². The molecule has 1 heterocycles. The normalized spacial score (nSPS) is 17.4. The second kappa shape index (κ2) is 9.35. The lowest BCUT2D eigenvalue weighted by atomic mass is 10.2. The summed E-state index contributed by atoms with van der Waals surface area (Å²) in [6, 6.07) is 11.1. The van der Waals surface area contributed by atoms with Crippen LogP contribution in [0.3, 0.4) is 0 Å². The van der Waals surface area contributed by atoms with E-state index in [0.717, 1.165) is 5.56 Å². The molecule has 11 heteroatoms. The van der Waals surface area contributed by atoms with Crippen molar-refractivity contribution in [3.63, 3.8) is 0 Å². The highest BCUT2D eigenvalue weighted by atomic mass is 32.2. The van der Waals surface area contributed by atoms with Crippen molar-refractivity contribution in [1.29, 1.82) is 0 Å². The summed E-state index contributed by atoms with van der Waals surface area (Å²) in [5.74, 6) is -0.241. The van der Waals surface area contributed by atoms with Crippen molar-refractivity contribution < 1.29 is 31.1 Å². The maximum Gasteiger partial charge on any atom is 0.324 e. The van der Waals surface area contributed by atoms with Gasteiger partial charge in [0, 0.05) is 6.54 Å². The van der Waals surface area contributed by atoms with Gasteiger partial charge in [-0.15, -0.1) is 0 Å². The van der Waals surface area contributed by atoms with Crippen molar-refractivity contribution in [2.24, 2.45) is 5.14 Å². The molecule has 1 saturated heterocycles. The molecule has 3 rings (SSSR count). The van der Waals surface area contributed by atoms with Crippen LogP contribution in [-0.2, 0) is 29.6 Å². The summed E-state index contributed by atoms with van der Waals surface area (Å²) >= 11 is 0. The van der Waals surface area contributed by atoms with Crippen LogP contribution in [0, 0.1) is 6.92 Å². The van der Waals surface area contributed by atoms with E-state index in [4.69, 9.17) is 14.6 Å². The first-order valence-corrected chi connectivity index (χ1v) is 12.6. The number of hydrogen-bond acceptors (Lipinski definition) is 7. The van der Waals surface area contributed by atoms with Gasteiger partial charge in [0.15, 0.2) is 0 Å². The maximum absolute atomic E-state index is 12.9. The lowest BCUT2D eigenvalue weighted by molar-refractivity contribution is -0.148. The zero-order valence-electron chi connectivity index (χ0n) is 16.9. The third kappa shape index (κ3) is 5.62. The van der Waals surface area contributed by atoms with Gasteiger partial charge in [-0.3, -0.25) is 4.79 Å². The van der Waals surface area contributed by atoms with Crippen molar-refractivity contribution in [2.45, 2.75) is 35.6 Å². The smallest absolute Gasteiger partial charge is 0.324 e. The zero-order valence-corrected chi connectivity index (χ0v) is 18.6. The highest BCUT2D eigenvalue weighted by Crippen LogP contribution is 2.27. The largest absolute Gasteiger partial charge is 0.490 e. The van der Waals surface area contributed by atoms with E-state index in [0.29, 0.717) is 18.6 Å². The number of sulfonamides is 2. The predicted octanol–water partition coefficient (Wildman–Crippen LogP) is 1.42. The Balaban J connectivity index is 1.54.